The summed E-state index contributed by atoms with van der Waals surface area (Å²) in [5, 5.41) is 11.7. The van der Waals surface area contributed by atoms with Crippen molar-refractivity contribution >= 4 is 17.1 Å². The van der Waals surface area contributed by atoms with Crippen LogP contribution in [0.15, 0.2) is 36.4 Å². The Morgan fingerprint density at radius 2 is 2.10 bits per heavy atom. The number of nitriles is 1. The van der Waals surface area contributed by atoms with Gasteiger partial charge in [0.25, 0.3) is 0 Å². The molecular weight excluding hydrogens is 257 g/mol. The minimum atomic E-state index is -0.385. The Bertz CT molecular complexity index is 665. The number of nitrogens with two attached hydrogens (primary N) is 1. The van der Waals surface area contributed by atoms with Crippen LogP contribution in [0.25, 0.3) is 0 Å². The van der Waals surface area contributed by atoms with Crippen LogP contribution in [-0.2, 0) is 6.42 Å². The standard InChI is InChI=1S/C15H14FN3O/c1-20-12-3-4-13(16)15(9-12)19-11-2-5-14(18)10(8-11)6-7-17/h2-5,8-9,19H,6,18H2,1H3. The molecule has 102 valence electrons. The number of benzene rings is 2. The number of ether oxygens (including phenoxy) is 1. The van der Waals surface area contributed by atoms with Crippen molar-refractivity contribution in [3.63, 3.8) is 0 Å². The second-order valence-corrected chi connectivity index (χ2v) is 4.22. The molecular formula is C15H14FN3O. The van der Waals surface area contributed by atoms with Gasteiger partial charge in [-0.15, -0.1) is 0 Å². The van der Waals surface area contributed by atoms with Crippen molar-refractivity contribution in [3.05, 3.63) is 47.8 Å². The van der Waals surface area contributed by atoms with Gasteiger partial charge in [-0.05, 0) is 35.9 Å². The molecule has 4 nitrogen and oxygen atoms in total. The predicted octanol–water partition coefficient (Wildman–Crippen LogP) is 3.23. The van der Waals surface area contributed by atoms with Crippen LogP contribution in [-0.4, -0.2) is 7.11 Å². The maximum Gasteiger partial charge on any atom is 0.146 e. The zero-order valence-corrected chi connectivity index (χ0v) is 11.0. The summed E-state index contributed by atoms with van der Waals surface area (Å²) in [7, 11) is 1.52. The van der Waals surface area contributed by atoms with Gasteiger partial charge < -0.3 is 15.8 Å². The molecule has 0 saturated carbocycles. The van der Waals surface area contributed by atoms with Gasteiger partial charge in [0.2, 0.25) is 0 Å². The van der Waals surface area contributed by atoms with E-state index in [4.69, 9.17) is 15.7 Å². The Morgan fingerprint density at radius 3 is 2.80 bits per heavy atom. The molecule has 2 aromatic rings. The molecule has 0 amide bonds. The van der Waals surface area contributed by atoms with Crippen molar-refractivity contribution in [1.82, 2.24) is 0 Å². The summed E-state index contributed by atoms with van der Waals surface area (Å²) in [4.78, 5) is 0. The number of methoxy groups -OCH3 is 1. The monoisotopic (exact) mass is 271 g/mol. The number of rotatable bonds is 4. The molecule has 20 heavy (non-hydrogen) atoms. The molecule has 5 heteroatoms. The van der Waals surface area contributed by atoms with Gasteiger partial charge in [0.15, 0.2) is 0 Å². The molecule has 3 N–H and O–H groups in total. The summed E-state index contributed by atoms with van der Waals surface area (Å²) >= 11 is 0. The number of anilines is 3. The molecule has 0 heterocycles. The molecule has 0 aliphatic rings. The first kappa shape index (κ1) is 13.7. The third kappa shape index (κ3) is 2.98. The maximum absolute atomic E-state index is 13.7. The third-order valence-electron chi connectivity index (χ3n) is 2.87. The molecule has 0 atom stereocenters. The largest absolute Gasteiger partial charge is 0.497 e. The van der Waals surface area contributed by atoms with E-state index in [2.05, 4.69) is 5.32 Å². The van der Waals surface area contributed by atoms with Crippen molar-refractivity contribution in [2.75, 3.05) is 18.2 Å². The van der Waals surface area contributed by atoms with Crippen LogP contribution in [0.2, 0.25) is 0 Å². The average Bonchev–Trinajstić information content (AvgIpc) is 2.45. The van der Waals surface area contributed by atoms with Crippen molar-refractivity contribution in [3.8, 4) is 11.8 Å². The number of hydrogen-bond acceptors (Lipinski definition) is 4. The highest BCUT2D eigenvalue weighted by atomic mass is 19.1. The molecule has 0 aromatic heterocycles. The average molecular weight is 271 g/mol. The summed E-state index contributed by atoms with van der Waals surface area (Å²) in [6.45, 7) is 0. The lowest BCUT2D eigenvalue weighted by Crippen LogP contribution is -1.98. The minimum Gasteiger partial charge on any atom is -0.497 e. The van der Waals surface area contributed by atoms with Gasteiger partial charge in [-0.2, -0.15) is 5.26 Å². The topological polar surface area (TPSA) is 71.1 Å². The maximum atomic E-state index is 13.7. The lowest BCUT2D eigenvalue weighted by Gasteiger charge is -2.11. The summed E-state index contributed by atoms with van der Waals surface area (Å²) in [5.41, 5.74) is 7.99. The van der Waals surface area contributed by atoms with Gasteiger partial charge in [0.1, 0.15) is 11.6 Å². The normalized spacial score (nSPS) is 9.85. The van der Waals surface area contributed by atoms with Gasteiger partial charge in [-0.25, -0.2) is 4.39 Å². The summed E-state index contributed by atoms with van der Waals surface area (Å²) in [6, 6.07) is 11.6. The van der Waals surface area contributed by atoms with Gasteiger partial charge in [-0.3, -0.25) is 0 Å². The van der Waals surface area contributed by atoms with Gasteiger partial charge in [0, 0.05) is 17.4 Å². The smallest absolute Gasteiger partial charge is 0.146 e. The Balaban J connectivity index is 2.30. The van der Waals surface area contributed by atoms with Crippen LogP contribution in [0.5, 0.6) is 5.75 Å². The van der Waals surface area contributed by atoms with Crippen molar-refractivity contribution in [1.29, 1.82) is 5.26 Å². The van der Waals surface area contributed by atoms with Crippen molar-refractivity contribution in [2.45, 2.75) is 6.42 Å². The summed E-state index contributed by atoms with van der Waals surface area (Å²) in [6.07, 6.45) is 0.210. The van der Waals surface area contributed by atoms with E-state index in [1.807, 2.05) is 6.07 Å². The quantitative estimate of drug-likeness (QED) is 0.837. The summed E-state index contributed by atoms with van der Waals surface area (Å²) < 4.78 is 18.8. The van der Waals surface area contributed by atoms with E-state index in [0.29, 0.717) is 28.4 Å². The van der Waals surface area contributed by atoms with Crippen LogP contribution in [0.1, 0.15) is 5.56 Å². The van der Waals surface area contributed by atoms with Crippen molar-refractivity contribution in [2.24, 2.45) is 0 Å². The number of nitrogens with one attached hydrogen (secondary N) is 1. The van der Waals surface area contributed by atoms with Crippen LogP contribution in [0, 0.1) is 17.1 Å². The highest BCUT2D eigenvalue weighted by molar-refractivity contribution is 5.66. The van der Waals surface area contributed by atoms with E-state index in [1.54, 1.807) is 30.3 Å². The Hall–Kier alpha value is -2.74. The minimum absolute atomic E-state index is 0.210. The van der Waals surface area contributed by atoms with E-state index < -0.39 is 0 Å². The molecule has 2 aromatic carbocycles. The van der Waals surface area contributed by atoms with Gasteiger partial charge >= 0.3 is 0 Å². The predicted molar refractivity (Wildman–Crippen MR) is 76.4 cm³/mol. The second-order valence-electron chi connectivity index (χ2n) is 4.22. The van der Waals surface area contributed by atoms with Gasteiger partial charge in [-0.1, -0.05) is 0 Å². The zero-order valence-electron chi connectivity index (χ0n) is 11.0. The molecule has 0 aliphatic heterocycles. The Kier molecular flexibility index (Phi) is 4.06. The molecule has 2 rings (SSSR count). The Morgan fingerprint density at radius 1 is 1.30 bits per heavy atom. The number of halogens is 1. The second kappa shape index (κ2) is 5.93. The first-order valence-electron chi connectivity index (χ1n) is 6.00. The van der Waals surface area contributed by atoms with Crippen molar-refractivity contribution < 1.29 is 9.13 Å². The molecule has 0 fully saturated rings. The fourth-order valence-corrected chi connectivity index (χ4v) is 1.80. The van der Waals surface area contributed by atoms with E-state index in [9.17, 15) is 4.39 Å². The lowest BCUT2D eigenvalue weighted by molar-refractivity contribution is 0.414. The fourth-order valence-electron chi connectivity index (χ4n) is 1.80. The molecule has 0 saturated heterocycles. The lowest BCUT2D eigenvalue weighted by atomic mass is 10.1. The fraction of sp³-hybridized carbons (Fsp3) is 0.133. The molecule has 0 aliphatic carbocycles. The first-order chi connectivity index (χ1) is 9.63. The zero-order chi connectivity index (χ0) is 14.5. The highest BCUT2D eigenvalue weighted by Gasteiger charge is 2.06. The SMILES string of the molecule is COc1ccc(F)c(Nc2ccc(N)c(CC#N)c2)c1. The molecule has 0 bridgehead atoms. The number of hydrogen-bond donors (Lipinski definition) is 2. The van der Waals surface area contributed by atoms with Gasteiger partial charge in [0.05, 0.1) is 25.3 Å². The molecule has 0 unspecified atom stereocenters. The summed E-state index contributed by atoms with van der Waals surface area (Å²) in [5.74, 6) is 0.172. The van der Waals surface area contributed by atoms with E-state index in [1.165, 1.54) is 13.2 Å². The van der Waals surface area contributed by atoms with E-state index in [-0.39, 0.29) is 12.2 Å². The van der Waals surface area contributed by atoms with Crippen LogP contribution in [0.4, 0.5) is 21.5 Å². The molecule has 0 radical (unpaired) electrons. The first-order valence-corrected chi connectivity index (χ1v) is 6.00. The van der Waals surface area contributed by atoms with Crippen LogP contribution < -0.4 is 15.8 Å². The number of nitrogen functional groups attached to an aromatic ring is 1. The molecule has 0 spiro atoms. The van der Waals surface area contributed by atoms with E-state index in [0.717, 1.165) is 0 Å². The number of nitrogens with zero attached hydrogens (tertiary/aromatic N) is 1. The third-order valence-corrected chi connectivity index (χ3v) is 2.87. The van der Waals surface area contributed by atoms with Crippen LogP contribution >= 0.6 is 0 Å². The Labute approximate surface area is 116 Å². The van der Waals surface area contributed by atoms with Crippen LogP contribution in [0.3, 0.4) is 0 Å². The van der Waals surface area contributed by atoms with E-state index >= 15 is 0 Å². The highest BCUT2D eigenvalue weighted by Crippen LogP contribution is 2.26.